The van der Waals surface area contributed by atoms with Crippen molar-refractivity contribution in [2.45, 2.75) is 18.9 Å². The van der Waals surface area contributed by atoms with Gasteiger partial charge in [0.1, 0.15) is 5.75 Å². The summed E-state index contributed by atoms with van der Waals surface area (Å²) < 4.78 is 6.73. The Labute approximate surface area is 86.4 Å². The highest BCUT2D eigenvalue weighted by molar-refractivity contribution is 9.10. The molecule has 0 radical (unpaired) electrons. The van der Waals surface area contributed by atoms with Gasteiger partial charge in [-0.05, 0) is 40.9 Å². The van der Waals surface area contributed by atoms with Gasteiger partial charge >= 0.3 is 0 Å². The molecule has 1 aromatic carbocycles. The Morgan fingerprint density at radius 1 is 1.46 bits per heavy atom. The Bertz CT molecular complexity index is 310. The van der Waals surface area contributed by atoms with Crippen LogP contribution < -0.4 is 10.1 Å². The van der Waals surface area contributed by atoms with E-state index in [1.165, 1.54) is 12.8 Å². The van der Waals surface area contributed by atoms with Crippen molar-refractivity contribution >= 4 is 21.6 Å². The van der Waals surface area contributed by atoms with Gasteiger partial charge in [0.2, 0.25) is 0 Å². The van der Waals surface area contributed by atoms with Crippen molar-refractivity contribution < 1.29 is 4.74 Å². The Balaban J connectivity index is 2.22. The summed E-state index contributed by atoms with van der Waals surface area (Å²) in [7, 11) is 1.90. The van der Waals surface area contributed by atoms with E-state index in [2.05, 4.69) is 21.2 Å². The van der Waals surface area contributed by atoms with E-state index < -0.39 is 0 Å². The van der Waals surface area contributed by atoms with Crippen molar-refractivity contribution in [2.75, 3.05) is 12.4 Å². The molecule has 3 heteroatoms. The number of halogens is 1. The Morgan fingerprint density at radius 3 is 2.85 bits per heavy atom. The summed E-state index contributed by atoms with van der Waals surface area (Å²) in [4.78, 5) is 0. The third kappa shape index (κ3) is 1.97. The smallest absolute Gasteiger partial charge is 0.135 e. The quantitative estimate of drug-likeness (QED) is 0.879. The standard InChI is InChI=1S/C10H12BrNO/c1-12-8-3-2-4-9(10(8)11)13-7-5-6-7/h2-4,7,12H,5-6H2,1H3. The van der Waals surface area contributed by atoms with E-state index in [0.717, 1.165) is 15.9 Å². The minimum Gasteiger partial charge on any atom is -0.489 e. The van der Waals surface area contributed by atoms with Crippen LogP contribution in [-0.4, -0.2) is 13.2 Å². The molecule has 0 atom stereocenters. The lowest BCUT2D eigenvalue weighted by Crippen LogP contribution is -1.98. The topological polar surface area (TPSA) is 21.3 Å². The lowest BCUT2D eigenvalue weighted by molar-refractivity contribution is 0.301. The van der Waals surface area contributed by atoms with E-state index >= 15 is 0 Å². The maximum absolute atomic E-state index is 5.71. The molecule has 1 aromatic rings. The van der Waals surface area contributed by atoms with Crippen molar-refractivity contribution in [1.29, 1.82) is 0 Å². The number of rotatable bonds is 3. The minimum absolute atomic E-state index is 0.448. The Morgan fingerprint density at radius 2 is 2.23 bits per heavy atom. The fraction of sp³-hybridized carbons (Fsp3) is 0.400. The normalized spacial score (nSPS) is 15.5. The molecule has 0 aliphatic heterocycles. The Kier molecular flexibility index (Phi) is 2.44. The molecule has 2 nitrogen and oxygen atoms in total. The van der Waals surface area contributed by atoms with Crippen LogP contribution >= 0.6 is 15.9 Å². The highest BCUT2D eigenvalue weighted by Crippen LogP contribution is 2.36. The number of ether oxygens (including phenoxy) is 1. The van der Waals surface area contributed by atoms with Crippen LogP contribution in [0, 0.1) is 0 Å². The minimum atomic E-state index is 0.448. The summed E-state index contributed by atoms with van der Waals surface area (Å²) >= 11 is 3.51. The second kappa shape index (κ2) is 3.58. The van der Waals surface area contributed by atoms with Gasteiger partial charge < -0.3 is 10.1 Å². The molecule has 1 N–H and O–H groups in total. The van der Waals surface area contributed by atoms with Gasteiger partial charge in [-0.1, -0.05) is 6.07 Å². The summed E-state index contributed by atoms with van der Waals surface area (Å²) in [5.41, 5.74) is 1.07. The zero-order valence-corrected chi connectivity index (χ0v) is 9.10. The zero-order chi connectivity index (χ0) is 9.26. The maximum atomic E-state index is 5.71. The molecule has 1 fully saturated rings. The van der Waals surface area contributed by atoms with Gasteiger partial charge in [0, 0.05) is 7.05 Å². The molecular weight excluding hydrogens is 230 g/mol. The highest BCUT2D eigenvalue weighted by Gasteiger charge is 2.24. The number of benzene rings is 1. The molecule has 2 rings (SSSR count). The molecule has 0 aromatic heterocycles. The van der Waals surface area contributed by atoms with E-state index in [4.69, 9.17) is 4.74 Å². The van der Waals surface area contributed by atoms with Crippen LogP contribution in [0.4, 0.5) is 5.69 Å². The molecule has 13 heavy (non-hydrogen) atoms. The van der Waals surface area contributed by atoms with Crippen molar-refractivity contribution in [3.05, 3.63) is 22.7 Å². The first-order valence-corrected chi connectivity index (χ1v) is 5.23. The first-order chi connectivity index (χ1) is 6.31. The fourth-order valence-corrected chi connectivity index (χ4v) is 1.72. The summed E-state index contributed by atoms with van der Waals surface area (Å²) in [5.74, 6) is 0.939. The first kappa shape index (κ1) is 8.88. The average molecular weight is 242 g/mol. The van der Waals surface area contributed by atoms with Gasteiger partial charge in [-0.2, -0.15) is 0 Å². The number of hydrogen-bond donors (Lipinski definition) is 1. The van der Waals surface area contributed by atoms with Crippen molar-refractivity contribution in [1.82, 2.24) is 0 Å². The maximum Gasteiger partial charge on any atom is 0.135 e. The fourth-order valence-electron chi connectivity index (χ4n) is 1.16. The second-order valence-electron chi connectivity index (χ2n) is 3.18. The van der Waals surface area contributed by atoms with E-state index in [-0.39, 0.29) is 0 Å². The van der Waals surface area contributed by atoms with Crippen molar-refractivity contribution in [3.63, 3.8) is 0 Å². The van der Waals surface area contributed by atoms with Gasteiger partial charge in [-0.3, -0.25) is 0 Å². The molecule has 0 saturated heterocycles. The van der Waals surface area contributed by atoms with Crippen LogP contribution in [0.3, 0.4) is 0 Å². The van der Waals surface area contributed by atoms with Crippen LogP contribution in [-0.2, 0) is 0 Å². The highest BCUT2D eigenvalue weighted by atomic mass is 79.9. The number of nitrogens with one attached hydrogen (secondary N) is 1. The van der Waals surface area contributed by atoms with E-state index in [1.807, 2.05) is 25.2 Å². The molecular formula is C10H12BrNO. The molecule has 1 aliphatic rings. The summed E-state index contributed by atoms with van der Waals surface area (Å²) in [6.45, 7) is 0. The largest absolute Gasteiger partial charge is 0.489 e. The summed E-state index contributed by atoms with van der Waals surface area (Å²) in [5, 5.41) is 3.10. The van der Waals surface area contributed by atoms with Crippen LogP contribution in [0.1, 0.15) is 12.8 Å². The molecule has 0 spiro atoms. The van der Waals surface area contributed by atoms with Crippen LogP contribution in [0.15, 0.2) is 22.7 Å². The molecule has 70 valence electrons. The molecule has 0 bridgehead atoms. The van der Waals surface area contributed by atoms with Gasteiger partial charge in [-0.25, -0.2) is 0 Å². The first-order valence-electron chi connectivity index (χ1n) is 4.44. The van der Waals surface area contributed by atoms with Gasteiger partial charge in [0.25, 0.3) is 0 Å². The molecule has 0 heterocycles. The third-order valence-corrected chi connectivity index (χ3v) is 2.87. The zero-order valence-electron chi connectivity index (χ0n) is 7.51. The molecule has 0 unspecified atom stereocenters. The predicted octanol–water partition coefficient (Wildman–Crippen LogP) is 3.03. The summed E-state index contributed by atoms with van der Waals surface area (Å²) in [6.07, 6.45) is 2.83. The monoisotopic (exact) mass is 241 g/mol. The SMILES string of the molecule is CNc1cccc(OC2CC2)c1Br. The van der Waals surface area contributed by atoms with Crippen LogP contribution in [0.25, 0.3) is 0 Å². The van der Waals surface area contributed by atoms with Crippen molar-refractivity contribution in [2.24, 2.45) is 0 Å². The van der Waals surface area contributed by atoms with Gasteiger partial charge in [0.05, 0.1) is 16.3 Å². The van der Waals surface area contributed by atoms with Crippen LogP contribution in [0.2, 0.25) is 0 Å². The molecule has 1 saturated carbocycles. The Hall–Kier alpha value is -0.700. The average Bonchev–Trinajstić information content (AvgIpc) is 2.92. The number of hydrogen-bond acceptors (Lipinski definition) is 2. The molecule has 0 amide bonds. The van der Waals surface area contributed by atoms with E-state index in [1.54, 1.807) is 0 Å². The molecule has 1 aliphatic carbocycles. The second-order valence-corrected chi connectivity index (χ2v) is 3.98. The van der Waals surface area contributed by atoms with E-state index in [9.17, 15) is 0 Å². The lowest BCUT2D eigenvalue weighted by atomic mass is 10.3. The predicted molar refractivity (Wildman–Crippen MR) is 57.3 cm³/mol. The van der Waals surface area contributed by atoms with Crippen LogP contribution in [0.5, 0.6) is 5.75 Å². The van der Waals surface area contributed by atoms with E-state index in [0.29, 0.717) is 6.10 Å². The van der Waals surface area contributed by atoms with Gasteiger partial charge in [0.15, 0.2) is 0 Å². The summed E-state index contributed by atoms with van der Waals surface area (Å²) in [6, 6.07) is 6.00. The van der Waals surface area contributed by atoms with Gasteiger partial charge in [-0.15, -0.1) is 0 Å². The lowest BCUT2D eigenvalue weighted by Gasteiger charge is -2.10. The van der Waals surface area contributed by atoms with Crippen molar-refractivity contribution in [3.8, 4) is 5.75 Å². The number of anilines is 1. The third-order valence-electron chi connectivity index (χ3n) is 2.05.